The Labute approximate surface area is 116 Å². The van der Waals surface area contributed by atoms with Crippen molar-refractivity contribution >= 4 is 0 Å². The molecule has 0 amide bonds. The minimum atomic E-state index is 0.117. The van der Waals surface area contributed by atoms with E-state index in [-0.39, 0.29) is 12.1 Å². The van der Waals surface area contributed by atoms with E-state index in [1.807, 2.05) is 12.4 Å². The second-order valence-electron chi connectivity index (χ2n) is 5.61. The minimum Gasteiger partial charge on any atom is -0.326 e. The van der Waals surface area contributed by atoms with E-state index < -0.39 is 0 Å². The molecule has 0 saturated carbocycles. The van der Waals surface area contributed by atoms with E-state index in [4.69, 9.17) is 5.73 Å². The second-order valence-corrected chi connectivity index (χ2v) is 5.61. The third-order valence-corrected chi connectivity index (χ3v) is 3.99. The molecule has 0 radical (unpaired) electrons. The smallest absolute Gasteiger partial charge is 0.0495 e. The third-order valence-electron chi connectivity index (χ3n) is 3.99. The van der Waals surface area contributed by atoms with Crippen molar-refractivity contribution in [3.8, 4) is 0 Å². The van der Waals surface area contributed by atoms with E-state index in [0.29, 0.717) is 0 Å². The van der Waals surface area contributed by atoms with Crippen LogP contribution in [0, 0.1) is 0 Å². The predicted octanol–water partition coefficient (Wildman–Crippen LogP) is 1.50. The Bertz CT molecular complexity index is 360. The van der Waals surface area contributed by atoms with Gasteiger partial charge >= 0.3 is 0 Å². The Hall–Kier alpha value is -0.970. The van der Waals surface area contributed by atoms with E-state index in [9.17, 15) is 0 Å². The first kappa shape index (κ1) is 14.4. The molecule has 0 aliphatic carbocycles. The molecule has 2 rings (SSSR count). The van der Waals surface area contributed by atoms with Crippen molar-refractivity contribution in [3.63, 3.8) is 0 Å². The number of likely N-dealkylation sites (N-methyl/N-ethyl adjacent to an activating group) is 1. The molecule has 4 nitrogen and oxygen atoms in total. The van der Waals surface area contributed by atoms with Gasteiger partial charge in [0.15, 0.2) is 0 Å². The van der Waals surface area contributed by atoms with Crippen molar-refractivity contribution in [1.82, 2.24) is 14.8 Å². The summed E-state index contributed by atoms with van der Waals surface area (Å²) < 4.78 is 0. The quantitative estimate of drug-likeness (QED) is 0.844. The highest BCUT2D eigenvalue weighted by molar-refractivity contribution is 5.16. The molecule has 4 heteroatoms. The van der Waals surface area contributed by atoms with Crippen LogP contribution < -0.4 is 5.73 Å². The van der Waals surface area contributed by atoms with Gasteiger partial charge in [0.05, 0.1) is 0 Å². The fraction of sp³-hybridized carbons (Fsp3) is 0.667. The van der Waals surface area contributed by atoms with Crippen LogP contribution in [0.15, 0.2) is 24.5 Å². The lowest BCUT2D eigenvalue weighted by Crippen LogP contribution is -2.40. The second kappa shape index (κ2) is 6.98. The lowest BCUT2D eigenvalue weighted by atomic mass is 10.0. The number of likely N-dealkylation sites (tertiary alicyclic amines) is 1. The molecule has 0 spiro atoms. The maximum atomic E-state index is 6.18. The molecule has 1 saturated heterocycles. The van der Waals surface area contributed by atoms with Gasteiger partial charge in [-0.05, 0) is 57.6 Å². The highest BCUT2D eigenvalue weighted by atomic mass is 15.2. The number of nitrogens with zero attached hydrogens (tertiary/aromatic N) is 3. The average molecular weight is 262 g/mol. The Morgan fingerprint density at radius 3 is 2.53 bits per heavy atom. The average Bonchev–Trinajstić information content (AvgIpc) is 2.90. The molecule has 19 heavy (non-hydrogen) atoms. The molecule has 106 valence electrons. The SMILES string of the molecule is CC(N)C(c1ccncc1)N(C)CCN1CCCC1. The lowest BCUT2D eigenvalue weighted by molar-refractivity contribution is 0.188. The highest BCUT2D eigenvalue weighted by Gasteiger charge is 2.22. The van der Waals surface area contributed by atoms with Crippen LogP contribution in [0.3, 0.4) is 0 Å². The van der Waals surface area contributed by atoms with E-state index in [2.05, 4.69) is 40.9 Å². The molecule has 2 heterocycles. The van der Waals surface area contributed by atoms with Gasteiger partial charge in [-0.25, -0.2) is 0 Å². The van der Waals surface area contributed by atoms with Crippen molar-refractivity contribution < 1.29 is 0 Å². The molecule has 1 aliphatic heterocycles. The van der Waals surface area contributed by atoms with E-state index >= 15 is 0 Å². The number of nitrogens with two attached hydrogens (primary N) is 1. The van der Waals surface area contributed by atoms with Crippen LogP contribution in [0.25, 0.3) is 0 Å². The first-order chi connectivity index (χ1) is 9.18. The summed E-state index contributed by atoms with van der Waals surface area (Å²) in [4.78, 5) is 9.00. The van der Waals surface area contributed by atoms with E-state index in [0.717, 1.165) is 13.1 Å². The number of hydrogen-bond donors (Lipinski definition) is 1. The van der Waals surface area contributed by atoms with Gasteiger partial charge in [0.1, 0.15) is 0 Å². The van der Waals surface area contributed by atoms with Crippen LogP contribution in [0.5, 0.6) is 0 Å². The van der Waals surface area contributed by atoms with Crippen LogP contribution in [0.4, 0.5) is 0 Å². The number of rotatable bonds is 6. The zero-order chi connectivity index (χ0) is 13.7. The Morgan fingerprint density at radius 2 is 1.95 bits per heavy atom. The highest BCUT2D eigenvalue weighted by Crippen LogP contribution is 2.21. The van der Waals surface area contributed by atoms with Gasteiger partial charge in [-0.3, -0.25) is 9.88 Å². The van der Waals surface area contributed by atoms with Gasteiger partial charge in [0.25, 0.3) is 0 Å². The van der Waals surface area contributed by atoms with Crippen LogP contribution >= 0.6 is 0 Å². The zero-order valence-electron chi connectivity index (χ0n) is 12.1. The monoisotopic (exact) mass is 262 g/mol. The van der Waals surface area contributed by atoms with Gasteiger partial charge < -0.3 is 10.6 Å². The summed E-state index contributed by atoms with van der Waals surface area (Å²) >= 11 is 0. The van der Waals surface area contributed by atoms with E-state index in [1.165, 1.54) is 31.5 Å². The zero-order valence-corrected chi connectivity index (χ0v) is 12.1. The molecule has 0 bridgehead atoms. The first-order valence-corrected chi connectivity index (χ1v) is 7.26. The molecule has 0 aromatic carbocycles. The molecule has 2 N–H and O–H groups in total. The first-order valence-electron chi connectivity index (χ1n) is 7.26. The summed E-state index contributed by atoms with van der Waals surface area (Å²) in [6, 6.07) is 4.53. The Kier molecular flexibility index (Phi) is 5.31. The fourth-order valence-electron chi connectivity index (χ4n) is 2.96. The van der Waals surface area contributed by atoms with E-state index in [1.54, 1.807) is 0 Å². The predicted molar refractivity (Wildman–Crippen MR) is 78.9 cm³/mol. The van der Waals surface area contributed by atoms with Crippen LogP contribution in [0.2, 0.25) is 0 Å². The van der Waals surface area contributed by atoms with Crippen molar-refractivity contribution in [1.29, 1.82) is 0 Å². The summed E-state index contributed by atoms with van der Waals surface area (Å²) in [6.45, 7) is 6.80. The topological polar surface area (TPSA) is 45.4 Å². The molecule has 1 aromatic rings. The van der Waals surface area contributed by atoms with Gasteiger partial charge in [-0.15, -0.1) is 0 Å². The minimum absolute atomic E-state index is 0.117. The van der Waals surface area contributed by atoms with Crippen molar-refractivity contribution in [2.45, 2.75) is 31.8 Å². The van der Waals surface area contributed by atoms with Crippen molar-refractivity contribution in [3.05, 3.63) is 30.1 Å². The molecular weight excluding hydrogens is 236 g/mol. The van der Waals surface area contributed by atoms with Crippen molar-refractivity contribution in [2.75, 3.05) is 33.2 Å². The number of pyridine rings is 1. The Balaban J connectivity index is 1.94. The maximum Gasteiger partial charge on any atom is 0.0495 e. The molecular formula is C15H26N4. The summed E-state index contributed by atoms with van der Waals surface area (Å²) in [5.74, 6) is 0. The Morgan fingerprint density at radius 1 is 1.32 bits per heavy atom. The largest absolute Gasteiger partial charge is 0.326 e. The third kappa shape index (κ3) is 4.00. The molecule has 2 atom stereocenters. The van der Waals surface area contributed by atoms with Crippen molar-refractivity contribution in [2.24, 2.45) is 5.73 Å². The summed E-state index contributed by atoms with van der Waals surface area (Å²) in [6.07, 6.45) is 6.40. The van der Waals surface area contributed by atoms with Gasteiger partial charge in [-0.2, -0.15) is 0 Å². The van der Waals surface area contributed by atoms with Gasteiger partial charge in [-0.1, -0.05) is 0 Å². The fourth-order valence-corrected chi connectivity index (χ4v) is 2.96. The molecule has 2 unspecified atom stereocenters. The molecule has 1 aromatic heterocycles. The van der Waals surface area contributed by atoms with Gasteiger partial charge in [0, 0.05) is 37.6 Å². The number of hydrogen-bond acceptors (Lipinski definition) is 4. The molecule has 1 aliphatic rings. The normalized spacial score (nSPS) is 19.8. The number of aromatic nitrogens is 1. The van der Waals surface area contributed by atoms with Gasteiger partial charge in [0.2, 0.25) is 0 Å². The molecule has 1 fully saturated rings. The summed E-state index contributed by atoms with van der Waals surface area (Å²) in [7, 11) is 2.17. The standard InChI is InChI=1S/C15H26N4/c1-13(16)15(14-5-7-17-8-6-14)18(2)11-12-19-9-3-4-10-19/h5-8,13,15H,3-4,9-12,16H2,1-2H3. The van der Waals surface area contributed by atoms with Crippen LogP contribution in [0.1, 0.15) is 31.4 Å². The van der Waals surface area contributed by atoms with Crippen LogP contribution in [-0.2, 0) is 0 Å². The van der Waals surface area contributed by atoms with Crippen LogP contribution in [-0.4, -0.2) is 54.1 Å². The summed E-state index contributed by atoms with van der Waals surface area (Å²) in [5.41, 5.74) is 7.44. The lowest BCUT2D eigenvalue weighted by Gasteiger charge is -2.32. The maximum absolute atomic E-state index is 6.18. The summed E-state index contributed by atoms with van der Waals surface area (Å²) in [5, 5.41) is 0.